The first-order valence-electron chi connectivity index (χ1n) is 5.79. The van der Waals surface area contributed by atoms with Gasteiger partial charge in [-0.2, -0.15) is 0 Å². The summed E-state index contributed by atoms with van der Waals surface area (Å²) in [6, 6.07) is 0.830. The van der Waals surface area contributed by atoms with Crippen LogP contribution in [0.4, 0.5) is 0 Å². The van der Waals surface area contributed by atoms with Crippen molar-refractivity contribution in [1.82, 2.24) is 10.2 Å². The standard InChI is InChI=1S/C12H21N3O/c1-3-8-14-12(16)9-15(2)11-6-4-10(13)5-7-11/h1,10-11H,4-9,13H2,2H3,(H,14,16). The molecule has 0 atom stereocenters. The van der Waals surface area contributed by atoms with Gasteiger partial charge in [0.2, 0.25) is 5.91 Å². The summed E-state index contributed by atoms with van der Waals surface area (Å²) in [5, 5.41) is 2.67. The smallest absolute Gasteiger partial charge is 0.234 e. The van der Waals surface area contributed by atoms with Gasteiger partial charge < -0.3 is 11.1 Å². The monoisotopic (exact) mass is 223 g/mol. The van der Waals surface area contributed by atoms with Crippen molar-refractivity contribution in [3.05, 3.63) is 0 Å². The normalized spacial score (nSPS) is 25.1. The fourth-order valence-corrected chi connectivity index (χ4v) is 2.10. The van der Waals surface area contributed by atoms with Gasteiger partial charge in [-0.1, -0.05) is 5.92 Å². The zero-order valence-corrected chi connectivity index (χ0v) is 9.91. The van der Waals surface area contributed by atoms with E-state index in [0.717, 1.165) is 25.7 Å². The molecule has 0 unspecified atom stereocenters. The average molecular weight is 223 g/mol. The largest absolute Gasteiger partial charge is 0.344 e. The number of likely N-dealkylation sites (N-methyl/N-ethyl adjacent to an activating group) is 1. The van der Waals surface area contributed by atoms with Crippen LogP contribution in [0.5, 0.6) is 0 Å². The van der Waals surface area contributed by atoms with Crippen molar-refractivity contribution in [3.8, 4) is 12.3 Å². The van der Waals surface area contributed by atoms with E-state index in [1.807, 2.05) is 7.05 Å². The van der Waals surface area contributed by atoms with E-state index in [-0.39, 0.29) is 5.91 Å². The minimum absolute atomic E-state index is 0.00433. The van der Waals surface area contributed by atoms with Crippen LogP contribution in [-0.2, 0) is 4.79 Å². The minimum atomic E-state index is -0.00433. The zero-order valence-electron chi connectivity index (χ0n) is 9.91. The van der Waals surface area contributed by atoms with Crippen LogP contribution in [-0.4, -0.2) is 43.0 Å². The third-order valence-corrected chi connectivity index (χ3v) is 3.15. The maximum atomic E-state index is 11.4. The van der Waals surface area contributed by atoms with Crippen LogP contribution >= 0.6 is 0 Å². The Labute approximate surface area is 97.6 Å². The lowest BCUT2D eigenvalue weighted by atomic mass is 9.91. The lowest BCUT2D eigenvalue weighted by Crippen LogP contribution is -2.43. The molecule has 1 rings (SSSR count). The van der Waals surface area contributed by atoms with Gasteiger partial charge in [-0.05, 0) is 32.7 Å². The third-order valence-electron chi connectivity index (χ3n) is 3.15. The molecule has 0 aromatic carbocycles. The second kappa shape index (κ2) is 6.51. The van der Waals surface area contributed by atoms with Gasteiger partial charge in [-0.25, -0.2) is 0 Å². The minimum Gasteiger partial charge on any atom is -0.344 e. The van der Waals surface area contributed by atoms with Gasteiger partial charge in [-0.15, -0.1) is 6.42 Å². The van der Waals surface area contributed by atoms with Crippen LogP contribution in [0.1, 0.15) is 25.7 Å². The van der Waals surface area contributed by atoms with E-state index in [4.69, 9.17) is 12.2 Å². The zero-order chi connectivity index (χ0) is 12.0. The number of amides is 1. The van der Waals surface area contributed by atoms with Crippen molar-refractivity contribution >= 4 is 5.91 Å². The Morgan fingerprint density at radius 3 is 2.69 bits per heavy atom. The van der Waals surface area contributed by atoms with Gasteiger partial charge in [-0.3, -0.25) is 9.69 Å². The molecule has 1 aliphatic rings. The Morgan fingerprint density at radius 1 is 1.50 bits per heavy atom. The first kappa shape index (κ1) is 13.0. The summed E-state index contributed by atoms with van der Waals surface area (Å²) in [7, 11) is 1.98. The SMILES string of the molecule is C#CCNC(=O)CN(C)C1CCC(N)CC1. The maximum absolute atomic E-state index is 11.4. The topological polar surface area (TPSA) is 58.4 Å². The Hall–Kier alpha value is -1.05. The van der Waals surface area contributed by atoms with E-state index in [2.05, 4.69) is 16.1 Å². The number of nitrogens with zero attached hydrogens (tertiary/aromatic N) is 1. The second-order valence-corrected chi connectivity index (χ2v) is 4.46. The number of carbonyl (C=O) groups excluding carboxylic acids is 1. The third kappa shape index (κ3) is 4.21. The fraction of sp³-hybridized carbons (Fsp3) is 0.750. The van der Waals surface area contributed by atoms with Gasteiger partial charge in [0.15, 0.2) is 0 Å². The molecule has 4 heteroatoms. The molecule has 0 radical (unpaired) electrons. The molecule has 0 heterocycles. The highest BCUT2D eigenvalue weighted by Crippen LogP contribution is 2.20. The van der Waals surface area contributed by atoms with Crippen molar-refractivity contribution < 1.29 is 4.79 Å². The van der Waals surface area contributed by atoms with Crippen LogP contribution in [0.2, 0.25) is 0 Å². The van der Waals surface area contributed by atoms with Gasteiger partial charge in [0.1, 0.15) is 0 Å². The lowest BCUT2D eigenvalue weighted by molar-refractivity contribution is -0.122. The molecule has 16 heavy (non-hydrogen) atoms. The molecule has 0 aromatic heterocycles. The summed E-state index contributed by atoms with van der Waals surface area (Å²) >= 11 is 0. The van der Waals surface area contributed by atoms with Gasteiger partial charge in [0.25, 0.3) is 0 Å². The molecular formula is C12H21N3O. The van der Waals surface area contributed by atoms with Crippen molar-refractivity contribution in [3.63, 3.8) is 0 Å². The first-order valence-corrected chi connectivity index (χ1v) is 5.79. The Bertz CT molecular complexity index is 264. The molecular weight excluding hydrogens is 202 g/mol. The van der Waals surface area contributed by atoms with E-state index >= 15 is 0 Å². The number of nitrogens with two attached hydrogens (primary N) is 1. The molecule has 0 spiro atoms. The summed E-state index contributed by atoms with van der Waals surface area (Å²) in [5.74, 6) is 2.39. The molecule has 1 aliphatic carbocycles. The highest BCUT2D eigenvalue weighted by Gasteiger charge is 2.22. The fourth-order valence-electron chi connectivity index (χ4n) is 2.10. The summed E-state index contributed by atoms with van der Waals surface area (Å²) in [6.45, 7) is 0.726. The van der Waals surface area contributed by atoms with Crippen LogP contribution in [0.3, 0.4) is 0 Å². The predicted octanol–water partition coefficient (Wildman–Crippen LogP) is -0.0625. The number of carbonyl (C=O) groups is 1. The Balaban J connectivity index is 2.26. The molecule has 1 saturated carbocycles. The van der Waals surface area contributed by atoms with Crippen LogP contribution < -0.4 is 11.1 Å². The molecule has 1 amide bonds. The van der Waals surface area contributed by atoms with E-state index in [1.165, 1.54) is 0 Å². The lowest BCUT2D eigenvalue weighted by Gasteiger charge is -2.32. The highest BCUT2D eigenvalue weighted by atomic mass is 16.2. The Morgan fingerprint density at radius 2 is 2.12 bits per heavy atom. The van der Waals surface area contributed by atoms with Crippen LogP contribution in [0, 0.1) is 12.3 Å². The van der Waals surface area contributed by atoms with Crippen molar-refractivity contribution in [2.45, 2.75) is 37.8 Å². The van der Waals surface area contributed by atoms with E-state index < -0.39 is 0 Å². The first-order chi connectivity index (χ1) is 7.63. The van der Waals surface area contributed by atoms with Crippen molar-refractivity contribution in [2.75, 3.05) is 20.1 Å². The number of hydrogen-bond acceptors (Lipinski definition) is 3. The molecule has 90 valence electrons. The molecule has 4 nitrogen and oxygen atoms in total. The van der Waals surface area contributed by atoms with Gasteiger partial charge in [0.05, 0.1) is 13.1 Å². The molecule has 3 N–H and O–H groups in total. The second-order valence-electron chi connectivity index (χ2n) is 4.46. The number of rotatable bonds is 4. The van der Waals surface area contributed by atoms with Crippen molar-refractivity contribution in [1.29, 1.82) is 0 Å². The number of nitrogens with one attached hydrogen (secondary N) is 1. The van der Waals surface area contributed by atoms with Gasteiger partial charge in [0, 0.05) is 12.1 Å². The number of hydrogen-bond donors (Lipinski definition) is 2. The summed E-state index contributed by atoms with van der Waals surface area (Å²) in [6.07, 6.45) is 9.35. The maximum Gasteiger partial charge on any atom is 0.234 e. The van der Waals surface area contributed by atoms with Gasteiger partial charge >= 0.3 is 0 Å². The summed E-state index contributed by atoms with van der Waals surface area (Å²) in [4.78, 5) is 13.5. The van der Waals surface area contributed by atoms with Crippen LogP contribution in [0.15, 0.2) is 0 Å². The van der Waals surface area contributed by atoms with Crippen molar-refractivity contribution in [2.24, 2.45) is 5.73 Å². The molecule has 0 saturated heterocycles. The van der Waals surface area contributed by atoms with Crippen LogP contribution in [0.25, 0.3) is 0 Å². The average Bonchev–Trinajstić information content (AvgIpc) is 2.27. The summed E-state index contributed by atoms with van der Waals surface area (Å²) in [5.41, 5.74) is 5.84. The van der Waals surface area contributed by atoms with E-state index in [0.29, 0.717) is 25.2 Å². The molecule has 0 aromatic rings. The summed E-state index contributed by atoms with van der Waals surface area (Å²) < 4.78 is 0. The quantitative estimate of drug-likeness (QED) is 0.656. The molecule has 0 bridgehead atoms. The highest BCUT2D eigenvalue weighted by molar-refractivity contribution is 5.78. The molecule has 1 fully saturated rings. The Kier molecular flexibility index (Phi) is 5.30. The van der Waals surface area contributed by atoms with E-state index in [1.54, 1.807) is 0 Å². The predicted molar refractivity (Wildman–Crippen MR) is 64.7 cm³/mol. The number of terminal acetylenes is 1. The molecule has 0 aliphatic heterocycles. The van der Waals surface area contributed by atoms with E-state index in [9.17, 15) is 4.79 Å².